The number of aromatic nitrogens is 1. The Morgan fingerprint density at radius 2 is 2.29 bits per heavy atom. The number of rotatable bonds is 10. The third-order valence-corrected chi connectivity index (χ3v) is 3.24. The first kappa shape index (κ1) is 17.5. The molecule has 0 atom stereocenters. The van der Waals surface area contributed by atoms with Crippen molar-refractivity contribution in [3.05, 3.63) is 11.6 Å². The zero-order valence-corrected chi connectivity index (χ0v) is 13.1. The van der Waals surface area contributed by atoms with Crippen molar-refractivity contribution in [3.8, 4) is 0 Å². The van der Waals surface area contributed by atoms with Crippen molar-refractivity contribution < 1.29 is 19.1 Å². The minimum Gasteiger partial charge on any atom is -0.382 e. The Labute approximate surface area is 128 Å². The average molecular weight is 315 g/mol. The van der Waals surface area contributed by atoms with Crippen molar-refractivity contribution >= 4 is 28.3 Å². The molecule has 0 saturated carbocycles. The molecule has 1 aromatic rings. The van der Waals surface area contributed by atoms with E-state index in [0.29, 0.717) is 31.3 Å². The van der Waals surface area contributed by atoms with E-state index in [0.717, 1.165) is 0 Å². The largest absolute Gasteiger partial charge is 0.382 e. The lowest BCUT2D eigenvalue weighted by atomic mass is 10.3. The maximum absolute atomic E-state index is 11.9. The number of ether oxygens (including phenoxy) is 2. The predicted octanol–water partition coefficient (Wildman–Crippen LogP) is 0.983. The number of nitrogens with zero attached hydrogens (tertiary/aromatic N) is 2. The SMILES string of the molecule is CCOCCCN(CC(=O)Nc1nccs1)C(=O)COC. The van der Waals surface area contributed by atoms with E-state index in [2.05, 4.69) is 10.3 Å². The predicted molar refractivity (Wildman–Crippen MR) is 80.3 cm³/mol. The van der Waals surface area contributed by atoms with Gasteiger partial charge in [0.15, 0.2) is 5.13 Å². The van der Waals surface area contributed by atoms with Crippen molar-refractivity contribution in [1.29, 1.82) is 0 Å². The molecule has 8 heteroatoms. The zero-order chi connectivity index (χ0) is 15.5. The second-order valence-corrected chi connectivity index (χ2v) is 5.08. The van der Waals surface area contributed by atoms with Gasteiger partial charge in [-0.15, -0.1) is 11.3 Å². The number of anilines is 1. The third kappa shape index (κ3) is 7.16. The molecule has 0 aliphatic rings. The van der Waals surface area contributed by atoms with Gasteiger partial charge in [-0.3, -0.25) is 9.59 Å². The van der Waals surface area contributed by atoms with E-state index in [4.69, 9.17) is 9.47 Å². The van der Waals surface area contributed by atoms with Crippen molar-refractivity contribution in [2.45, 2.75) is 13.3 Å². The first-order valence-corrected chi connectivity index (χ1v) is 7.59. The van der Waals surface area contributed by atoms with E-state index >= 15 is 0 Å². The van der Waals surface area contributed by atoms with Gasteiger partial charge in [-0.05, 0) is 13.3 Å². The molecular formula is C13H21N3O4S. The van der Waals surface area contributed by atoms with Crippen LogP contribution in [0.15, 0.2) is 11.6 Å². The lowest BCUT2D eigenvalue weighted by molar-refractivity contribution is -0.138. The maximum Gasteiger partial charge on any atom is 0.249 e. The lowest BCUT2D eigenvalue weighted by Crippen LogP contribution is -2.40. The molecular weight excluding hydrogens is 294 g/mol. The zero-order valence-electron chi connectivity index (χ0n) is 12.3. The highest BCUT2D eigenvalue weighted by molar-refractivity contribution is 7.13. The van der Waals surface area contributed by atoms with E-state index in [-0.39, 0.29) is 25.0 Å². The summed E-state index contributed by atoms with van der Waals surface area (Å²) in [6.45, 7) is 3.49. The summed E-state index contributed by atoms with van der Waals surface area (Å²) in [5.41, 5.74) is 0. The van der Waals surface area contributed by atoms with E-state index in [1.165, 1.54) is 23.3 Å². The van der Waals surface area contributed by atoms with E-state index < -0.39 is 0 Å². The maximum atomic E-state index is 11.9. The van der Waals surface area contributed by atoms with Crippen LogP contribution >= 0.6 is 11.3 Å². The van der Waals surface area contributed by atoms with Crippen molar-refractivity contribution in [3.63, 3.8) is 0 Å². The van der Waals surface area contributed by atoms with Gasteiger partial charge in [-0.1, -0.05) is 0 Å². The van der Waals surface area contributed by atoms with Gasteiger partial charge in [0.25, 0.3) is 0 Å². The van der Waals surface area contributed by atoms with Crippen LogP contribution in [0, 0.1) is 0 Å². The summed E-state index contributed by atoms with van der Waals surface area (Å²) >= 11 is 1.33. The fraction of sp³-hybridized carbons (Fsp3) is 0.615. The molecule has 0 aromatic carbocycles. The number of amides is 2. The molecule has 0 aliphatic heterocycles. The Balaban J connectivity index is 2.46. The highest BCUT2D eigenvalue weighted by Crippen LogP contribution is 2.10. The Morgan fingerprint density at radius 1 is 1.48 bits per heavy atom. The Hall–Kier alpha value is -1.51. The van der Waals surface area contributed by atoms with Crippen LogP contribution in [0.5, 0.6) is 0 Å². The fourth-order valence-electron chi connectivity index (χ4n) is 1.63. The number of carbonyl (C=O) groups is 2. The topological polar surface area (TPSA) is 80.8 Å². The number of nitrogens with one attached hydrogen (secondary N) is 1. The van der Waals surface area contributed by atoms with Gasteiger partial charge >= 0.3 is 0 Å². The van der Waals surface area contributed by atoms with Crippen LogP contribution in [-0.2, 0) is 19.1 Å². The van der Waals surface area contributed by atoms with E-state index in [1.807, 2.05) is 6.92 Å². The summed E-state index contributed by atoms with van der Waals surface area (Å²) in [7, 11) is 1.45. The van der Waals surface area contributed by atoms with Crippen LogP contribution in [0.1, 0.15) is 13.3 Å². The van der Waals surface area contributed by atoms with Crippen molar-refractivity contribution in [1.82, 2.24) is 9.88 Å². The van der Waals surface area contributed by atoms with Crippen LogP contribution in [-0.4, -0.2) is 61.7 Å². The van der Waals surface area contributed by atoms with Gasteiger partial charge in [-0.25, -0.2) is 4.98 Å². The van der Waals surface area contributed by atoms with Crippen molar-refractivity contribution in [2.75, 3.05) is 45.3 Å². The summed E-state index contributed by atoms with van der Waals surface area (Å²) in [5.74, 6) is -0.492. The molecule has 7 nitrogen and oxygen atoms in total. The van der Waals surface area contributed by atoms with Crippen molar-refractivity contribution in [2.24, 2.45) is 0 Å². The van der Waals surface area contributed by atoms with E-state index in [1.54, 1.807) is 11.6 Å². The van der Waals surface area contributed by atoms with Crippen LogP contribution < -0.4 is 5.32 Å². The molecule has 1 rings (SSSR count). The molecule has 0 bridgehead atoms. The highest BCUT2D eigenvalue weighted by Gasteiger charge is 2.17. The highest BCUT2D eigenvalue weighted by atomic mass is 32.1. The summed E-state index contributed by atoms with van der Waals surface area (Å²) in [6, 6.07) is 0. The van der Waals surface area contributed by atoms with Crippen LogP contribution in [0.25, 0.3) is 0 Å². The minimum absolute atomic E-state index is 0.0199. The molecule has 0 spiro atoms. The van der Waals surface area contributed by atoms with Crippen LogP contribution in [0.2, 0.25) is 0 Å². The number of carbonyl (C=O) groups excluding carboxylic acids is 2. The van der Waals surface area contributed by atoms with Gasteiger partial charge < -0.3 is 19.7 Å². The molecule has 0 aliphatic carbocycles. The number of hydrogen-bond donors (Lipinski definition) is 1. The Kier molecular flexibility index (Phi) is 8.56. The first-order valence-electron chi connectivity index (χ1n) is 6.71. The standard InChI is InChI=1S/C13H21N3O4S/c1-3-20-7-4-6-16(12(18)10-19-2)9-11(17)15-13-14-5-8-21-13/h5,8H,3-4,6-7,9-10H2,1-2H3,(H,14,15,17). The number of thiazole rings is 1. The van der Waals surface area contributed by atoms with Gasteiger partial charge in [0.05, 0.1) is 6.54 Å². The van der Waals surface area contributed by atoms with Crippen LogP contribution in [0.4, 0.5) is 5.13 Å². The molecule has 1 N–H and O–H groups in total. The molecule has 0 unspecified atom stereocenters. The van der Waals surface area contributed by atoms with E-state index in [9.17, 15) is 9.59 Å². The molecule has 21 heavy (non-hydrogen) atoms. The second-order valence-electron chi connectivity index (χ2n) is 4.18. The number of hydrogen-bond acceptors (Lipinski definition) is 6. The quantitative estimate of drug-likeness (QED) is 0.651. The molecule has 0 radical (unpaired) electrons. The average Bonchev–Trinajstić information content (AvgIpc) is 2.95. The molecule has 118 valence electrons. The lowest BCUT2D eigenvalue weighted by Gasteiger charge is -2.21. The van der Waals surface area contributed by atoms with Gasteiger partial charge in [0.2, 0.25) is 11.8 Å². The van der Waals surface area contributed by atoms with Gasteiger partial charge in [0.1, 0.15) is 6.61 Å². The summed E-state index contributed by atoms with van der Waals surface area (Å²) in [5, 5.41) is 4.94. The summed E-state index contributed by atoms with van der Waals surface area (Å²) in [6.07, 6.45) is 2.28. The first-order chi connectivity index (χ1) is 10.2. The normalized spacial score (nSPS) is 10.4. The molecule has 1 aromatic heterocycles. The minimum atomic E-state index is -0.272. The molecule has 1 heterocycles. The molecule has 0 fully saturated rings. The monoisotopic (exact) mass is 315 g/mol. The van der Waals surface area contributed by atoms with Crippen LogP contribution in [0.3, 0.4) is 0 Å². The Morgan fingerprint density at radius 3 is 2.90 bits per heavy atom. The molecule has 0 saturated heterocycles. The fourth-order valence-corrected chi connectivity index (χ4v) is 2.17. The summed E-state index contributed by atoms with van der Waals surface area (Å²) in [4.78, 5) is 29.3. The van der Waals surface area contributed by atoms with Gasteiger partial charge in [-0.2, -0.15) is 0 Å². The molecule has 2 amide bonds. The second kappa shape index (κ2) is 10.3. The number of methoxy groups -OCH3 is 1. The summed E-state index contributed by atoms with van der Waals surface area (Å²) < 4.78 is 10.1. The van der Waals surface area contributed by atoms with Gasteiger partial charge in [0, 0.05) is 38.4 Å². The third-order valence-electron chi connectivity index (χ3n) is 2.55. The smallest absolute Gasteiger partial charge is 0.249 e. The Bertz CT molecular complexity index is 425.